The Morgan fingerprint density at radius 1 is 1.12 bits per heavy atom. The van der Waals surface area contributed by atoms with Gasteiger partial charge in [-0.25, -0.2) is 24.9 Å². The number of nitrogens with one attached hydrogen (secondary N) is 1. The minimum Gasteiger partial charge on any atom is -0.488 e. The van der Waals surface area contributed by atoms with Gasteiger partial charge in [-0.05, 0) is 12.1 Å². The highest BCUT2D eigenvalue weighted by Crippen LogP contribution is 2.32. The number of amides is 1. The highest BCUT2D eigenvalue weighted by molar-refractivity contribution is 5.91. The number of carbonyl (C=O) groups is 1. The summed E-state index contributed by atoms with van der Waals surface area (Å²) in [5.74, 6) is 1.69. The van der Waals surface area contributed by atoms with Gasteiger partial charge in [-0.2, -0.15) is 0 Å². The lowest BCUT2D eigenvalue weighted by Gasteiger charge is -2.14. The molecule has 1 unspecified atom stereocenters. The zero-order valence-electron chi connectivity index (χ0n) is 18.1. The lowest BCUT2D eigenvalue weighted by molar-refractivity contribution is 0.0821. The monoisotopic (exact) mass is 447 g/mol. The number of carbonyl (C=O) groups excluding carboxylic acids is 1. The zero-order valence-corrected chi connectivity index (χ0v) is 18.1. The molecule has 0 saturated carbocycles. The Morgan fingerprint density at radius 2 is 2.00 bits per heavy atom. The molecule has 1 aromatic carbocycles. The highest BCUT2D eigenvalue weighted by atomic mass is 16.5. The summed E-state index contributed by atoms with van der Waals surface area (Å²) in [6.07, 6.45) is 6.67. The van der Waals surface area contributed by atoms with E-state index in [9.17, 15) is 4.79 Å². The van der Waals surface area contributed by atoms with Crippen molar-refractivity contribution in [1.29, 1.82) is 0 Å². The molecule has 0 radical (unpaired) electrons. The molecule has 3 aromatic heterocycles. The van der Waals surface area contributed by atoms with Crippen LogP contribution in [0.4, 0.5) is 0 Å². The maximum absolute atomic E-state index is 12.0. The predicted octanol–water partition coefficient (Wildman–Crippen LogP) is 2.47. The first-order chi connectivity index (χ1) is 16.0. The molecule has 5 rings (SSSR count). The van der Waals surface area contributed by atoms with Crippen LogP contribution in [0.25, 0.3) is 22.6 Å². The van der Waals surface area contributed by atoms with Crippen molar-refractivity contribution in [3.8, 4) is 28.8 Å². The van der Waals surface area contributed by atoms with E-state index in [1.54, 1.807) is 26.4 Å². The first-order valence-electron chi connectivity index (χ1n) is 10.3. The molecule has 1 fully saturated rings. The normalized spacial score (nSPS) is 15.5. The Labute approximate surface area is 188 Å². The van der Waals surface area contributed by atoms with Crippen LogP contribution in [0.5, 0.6) is 17.4 Å². The van der Waals surface area contributed by atoms with Gasteiger partial charge in [0, 0.05) is 32.1 Å². The third-order valence-electron chi connectivity index (χ3n) is 4.98. The Morgan fingerprint density at radius 3 is 2.73 bits per heavy atom. The number of hydrogen-bond donors (Lipinski definition) is 1. The standard InChI is InChI=1S/C22H21N7O4/c1-29(2)22(30)18-9-25-19(10-24-18)33-16-6-13(5-15(7-16)32-14-3-4-31-11-14)20-27-17-8-23-12-26-21(17)28-20/h5-10,12,14H,3-4,11H2,1-2H3,(H,23,26,27,28). The largest absolute Gasteiger partial charge is 0.488 e. The van der Waals surface area contributed by atoms with E-state index in [1.807, 2.05) is 12.1 Å². The number of aromatic nitrogens is 6. The predicted molar refractivity (Wildman–Crippen MR) is 117 cm³/mol. The summed E-state index contributed by atoms with van der Waals surface area (Å²) in [7, 11) is 3.31. The number of aromatic amines is 1. The van der Waals surface area contributed by atoms with Gasteiger partial charge < -0.3 is 24.1 Å². The Kier molecular flexibility index (Phi) is 5.53. The molecule has 1 N–H and O–H groups in total. The third-order valence-corrected chi connectivity index (χ3v) is 4.98. The molecule has 0 spiro atoms. The van der Waals surface area contributed by atoms with E-state index in [0.29, 0.717) is 41.7 Å². The maximum atomic E-state index is 12.0. The van der Waals surface area contributed by atoms with Crippen molar-refractivity contribution in [2.24, 2.45) is 0 Å². The van der Waals surface area contributed by atoms with Gasteiger partial charge in [-0.15, -0.1) is 0 Å². The van der Waals surface area contributed by atoms with E-state index >= 15 is 0 Å². The van der Waals surface area contributed by atoms with Gasteiger partial charge in [0.25, 0.3) is 5.91 Å². The third kappa shape index (κ3) is 4.58. The second-order valence-corrected chi connectivity index (χ2v) is 7.68. The van der Waals surface area contributed by atoms with E-state index < -0.39 is 0 Å². The van der Waals surface area contributed by atoms with Crippen LogP contribution in [0, 0.1) is 0 Å². The molecule has 1 aliphatic heterocycles. The smallest absolute Gasteiger partial charge is 0.273 e. The average molecular weight is 447 g/mol. The number of hydrogen-bond acceptors (Lipinski definition) is 9. The lowest BCUT2D eigenvalue weighted by Crippen LogP contribution is -2.22. The van der Waals surface area contributed by atoms with Gasteiger partial charge >= 0.3 is 0 Å². The Balaban J connectivity index is 1.46. The highest BCUT2D eigenvalue weighted by Gasteiger charge is 2.19. The molecule has 11 heteroatoms. The van der Waals surface area contributed by atoms with E-state index in [0.717, 1.165) is 12.0 Å². The van der Waals surface area contributed by atoms with Crippen LogP contribution in [-0.4, -0.2) is 74.1 Å². The summed E-state index contributed by atoms with van der Waals surface area (Å²) in [5, 5.41) is 0. The molecule has 1 saturated heterocycles. The first kappa shape index (κ1) is 20.8. The van der Waals surface area contributed by atoms with Crippen LogP contribution in [0.15, 0.2) is 43.1 Å². The van der Waals surface area contributed by atoms with Gasteiger partial charge in [-0.3, -0.25) is 4.79 Å². The van der Waals surface area contributed by atoms with Crippen LogP contribution in [0.3, 0.4) is 0 Å². The van der Waals surface area contributed by atoms with E-state index in [-0.39, 0.29) is 23.6 Å². The molecular formula is C22H21N7O4. The molecule has 1 aliphatic rings. The lowest BCUT2D eigenvalue weighted by atomic mass is 10.2. The molecule has 1 amide bonds. The Hall–Kier alpha value is -4.12. The summed E-state index contributed by atoms with van der Waals surface area (Å²) in [4.78, 5) is 37.8. The molecule has 168 valence electrons. The van der Waals surface area contributed by atoms with Crippen LogP contribution in [0.2, 0.25) is 0 Å². The van der Waals surface area contributed by atoms with Gasteiger partial charge in [0.15, 0.2) is 5.65 Å². The van der Waals surface area contributed by atoms with Crippen molar-refractivity contribution >= 4 is 17.1 Å². The maximum Gasteiger partial charge on any atom is 0.273 e. The number of imidazole rings is 1. The van der Waals surface area contributed by atoms with Crippen molar-refractivity contribution in [3.63, 3.8) is 0 Å². The average Bonchev–Trinajstić information content (AvgIpc) is 3.48. The Bertz CT molecular complexity index is 1250. The number of fused-ring (bicyclic) bond motifs is 1. The van der Waals surface area contributed by atoms with E-state index in [1.165, 1.54) is 23.6 Å². The van der Waals surface area contributed by atoms with Crippen molar-refractivity contribution in [1.82, 2.24) is 34.8 Å². The topological polar surface area (TPSA) is 128 Å². The summed E-state index contributed by atoms with van der Waals surface area (Å²) >= 11 is 0. The summed E-state index contributed by atoms with van der Waals surface area (Å²) in [6.45, 7) is 1.21. The quantitative estimate of drug-likeness (QED) is 0.474. The number of nitrogens with zero attached hydrogens (tertiary/aromatic N) is 6. The first-order valence-corrected chi connectivity index (χ1v) is 10.3. The fraction of sp³-hybridized carbons (Fsp3) is 0.273. The number of H-pyrrole nitrogens is 1. The second-order valence-electron chi connectivity index (χ2n) is 7.68. The molecule has 4 heterocycles. The van der Waals surface area contributed by atoms with Crippen LogP contribution in [0.1, 0.15) is 16.9 Å². The fourth-order valence-corrected chi connectivity index (χ4v) is 3.36. The van der Waals surface area contributed by atoms with Gasteiger partial charge in [0.2, 0.25) is 5.88 Å². The van der Waals surface area contributed by atoms with Gasteiger partial charge in [0.05, 0.1) is 31.8 Å². The van der Waals surface area contributed by atoms with E-state index in [4.69, 9.17) is 14.2 Å². The van der Waals surface area contributed by atoms with Crippen molar-refractivity contribution in [2.75, 3.05) is 27.3 Å². The van der Waals surface area contributed by atoms with Crippen molar-refractivity contribution in [2.45, 2.75) is 12.5 Å². The molecule has 33 heavy (non-hydrogen) atoms. The SMILES string of the molecule is CN(C)C(=O)c1cnc(Oc2cc(OC3CCOC3)cc(-c3nc4cncnc4[nH]3)c2)cn1. The molecule has 1 atom stereocenters. The molecular weight excluding hydrogens is 426 g/mol. The van der Waals surface area contributed by atoms with Crippen LogP contribution >= 0.6 is 0 Å². The summed E-state index contributed by atoms with van der Waals surface area (Å²) in [5.41, 5.74) is 2.25. The van der Waals surface area contributed by atoms with Crippen molar-refractivity contribution < 1.29 is 19.0 Å². The molecule has 11 nitrogen and oxygen atoms in total. The van der Waals surface area contributed by atoms with Crippen molar-refractivity contribution in [3.05, 3.63) is 48.8 Å². The van der Waals surface area contributed by atoms with E-state index in [2.05, 4.69) is 29.9 Å². The number of ether oxygens (including phenoxy) is 3. The van der Waals surface area contributed by atoms with Gasteiger partial charge in [-0.1, -0.05) is 0 Å². The fourth-order valence-electron chi connectivity index (χ4n) is 3.36. The summed E-state index contributed by atoms with van der Waals surface area (Å²) in [6, 6.07) is 5.45. The molecule has 0 bridgehead atoms. The van der Waals surface area contributed by atoms with Crippen LogP contribution in [-0.2, 0) is 4.74 Å². The summed E-state index contributed by atoms with van der Waals surface area (Å²) < 4.78 is 17.5. The molecule has 4 aromatic rings. The minimum atomic E-state index is -0.237. The minimum absolute atomic E-state index is 0.0363. The molecule has 0 aliphatic carbocycles. The zero-order chi connectivity index (χ0) is 22.8. The second kappa shape index (κ2) is 8.79. The van der Waals surface area contributed by atoms with Crippen LogP contribution < -0.4 is 9.47 Å². The number of rotatable bonds is 6. The van der Waals surface area contributed by atoms with Gasteiger partial charge in [0.1, 0.15) is 41.0 Å². The number of benzene rings is 1.